The Hall–Kier alpha value is -1.93. The van der Waals surface area contributed by atoms with E-state index in [2.05, 4.69) is 13.5 Å². The molecule has 3 rings (SSSR count). The molecule has 3 aliphatic heterocycles. The number of hydrogen-bond acceptors (Lipinski definition) is 6. The van der Waals surface area contributed by atoms with Crippen LogP contribution >= 0.6 is 0 Å². The number of carbonyl (C=O) groups is 3. The molecule has 8 nitrogen and oxygen atoms in total. The van der Waals surface area contributed by atoms with E-state index < -0.39 is 29.4 Å². The lowest BCUT2D eigenvalue weighted by Crippen LogP contribution is -2.57. The molecule has 8 heteroatoms. The summed E-state index contributed by atoms with van der Waals surface area (Å²) in [5.41, 5.74) is -0.979. The third kappa shape index (κ3) is 4.76. The number of rotatable bonds is 14. The number of aliphatic hydroxyl groups excluding tert-OH is 1. The summed E-state index contributed by atoms with van der Waals surface area (Å²) in [5.74, 6) is -2.01. The molecule has 3 saturated heterocycles. The lowest BCUT2D eigenvalue weighted by Gasteiger charge is -2.39. The highest BCUT2D eigenvalue weighted by Gasteiger charge is 2.75. The van der Waals surface area contributed by atoms with Crippen molar-refractivity contribution >= 4 is 17.8 Å². The van der Waals surface area contributed by atoms with E-state index in [-0.39, 0.29) is 37.2 Å². The van der Waals surface area contributed by atoms with Crippen LogP contribution in [0.3, 0.4) is 0 Å². The molecule has 3 aliphatic rings. The fourth-order valence-corrected chi connectivity index (χ4v) is 6.28. The minimum Gasteiger partial charge on any atom is -0.466 e. The second-order valence-corrected chi connectivity index (χ2v) is 9.89. The van der Waals surface area contributed by atoms with Crippen molar-refractivity contribution in [3.63, 3.8) is 0 Å². The summed E-state index contributed by atoms with van der Waals surface area (Å²) in [4.78, 5) is 44.3. The predicted molar refractivity (Wildman–Crippen MR) is 128 cm³/mol. The number of nitrogens with zero attached hydrogens (tertiary/aromatic N) is 2. The molecule has 2 amide bonds. The van der Waals surface area contributed by atoms with Crippen LogP contribution < -0.4 is 0 Å². The van der Waals surface area contributed by atoms with Gasteiger partial charge in [-0.05, 0) is 46.0 Å². The number of ether oxygens (including phenoxy) is 2. The Morgan fingerprint density at radius 2 is 2.06 bits per heavy atom. The molecule has 0 aromatic carbocycles. The number of hydrogen-bond donors (Lipinski definition) is 1. The summed E-state index contributed by atoms with van der Waals surface area (Å²) in [5, 5.41) is 9.06. The van der Waals surface area contributed by atoms with Crippen molar-refractivity contribution in [3.05, 3.63) is 12.7 Å². The van der Waals surface area contributed by atoms with Crippen molar-refractivity contribution in [1.29, 1.82) is 0 Å². The average molecular weight is 479 g/mol. The molecular formula is C26H42N2O6. The molecule has 0 aliphatic carbocycles. The number of aliphatic hydroxyl groups is 1. The summed E-state index contributed by atoms with van der Waals surface area (Å²) < 4.78 is 11.8. The highest BCUT2D eigenvalue weighted by Crippen LogP contribution is 2.58. The lowest BCUT2D eigenvalue weighted by atomic mass is 9.70. The quantitative estimate of drug-likeness (QED) is 0.234. The minimum absolute atomic E-state index is 0.00640. The molecule has 0 aromatic rings. The molecule has 1 N–H and O–H groups in total. The summed E-state index contributed by atoms with van der Waals surface area (Å²) in [6.45, 7) is 11.0. The van der Waals surface area contributed by atoms with E-state index in [1.54, 1.807) is 17.9 Å². The number of carbonyl (C=O) groups excluding carboxylic acids is 3. The Labute approximate surface area is 203 Å². The van der Waals surface area contributed by atoms with Crippen LogP contribution in [0.4, 0.5) is 0 Å². The maximum atomic E-state index is 14.1. The number of likely N-dealkylation sites (tertiary alicyclic amines) is 1. The molecule has 1 spiro atoms. The maximum Gasteiger partial charge on any atom is 0.312 e. The van der Waals surface area contributed by atoms with Gasteiger partial charge in [0.05, 0.1) is 24.5 Å². The Bertz CT molecular complexity index is 758. The fourth-order valence-electron chi connectivity index (χ4n) is 6.28. The van der Waals surface area contributed by atoms with Crippen LogP contribution in [0.1, 0.15) is 72.1 Å². The second-order valence-electron chi connectivity index (χ2n) is 9.89. The molecule has 192 valence electrons. The van der Waals surface area contributed by atoms with Crippen LogP contribution in [-0.2, 0) is 23.9 Å². The third-order valence-electron chi connectivity index (χ3n) is 7.75. The molecule has 0 saturated carbocycles. The van der Waals surface area contributed by atoms with E-state index in [9.17, 15) is 14.4 Å². The van der Waals surface area contributed by atoms with E-state index in [4.69, 9.17) is 14.6 Å². The molecule has 3 heterocycles. The summed E-state index contributed by atoms with van der Waals surface area (Å²) in [7, 11) is 0. The van der Waals surface area contributed by atoms with E-state index in [0.29, 0.717) is 25.9 Å². The molecule has 6 atom stereocenters. The zero-order valence-corrected chi connectivity index (χ0v) is 21.0. The van der Waals surface area contributed by atoms with E-state index in [1.807, 2.05) is 11.8 Å². The Morgan fingerprint density at radius 1 is 1.32 bits per heavy atom. The highest BCUT2D eigenvalue weighted by atomic mass is 16.6. The van der Waals surface area contributed by atoms with Gasteiger partial charge in [-0.1, -0.05) is 32.3 Å². The van der Waals surface area contributed by atoms with Gasteiger partial charge in [0.2, 0.25) is 11.8 Å². The van der Waals surface area contributed by atoms with E-state index in [0.717, 1.165) is 38.5 Å². The molecule has 2 bridgehead atoms. The molecule has 0 aromatic heterocycles. The lowest BCUT2D eigenvalue weighted by molar-refractivity contribution is -0.155. The summed E-state index contributed by atoms with van der Waals surface area (Å²) in [6.07, 6.45) is 7.56. The summed E-state index contributed by atoms with van der Waals surface area (Å²) >= 11 is 0. The first-order valence-corrected chi connectivity index (χ1v) is 13.0. The molecule has 3 fully saturated rings. The number of fused-ring (bicyclic) bond motifs is 1. The molecule has 1 unspecified atom stereocenters. The van der Waals surface area contributed by atoms with Crippen molar-refractivity contribution in [3.8, 4) is 0 Å². The molecule has 0 radical (unpaired) electrons. The first-order valence-electron chi connectivity index (χ1n) is 13.0. The zero-order chi connectivity index (χ0) is 24.9. The largest absolute Gasteiger partial charge is 0.466 e. The van der Waals surface area contributed by atoms with Crippen LogP contribution in [0.15, 0.2) is 12.7 Å². The van der Waals surface area contributed by atoms with Gasteiger partial charge >= 0.3 is 5.97 Å². The van der Waals surface area contributed by atoms with Gasteiger partial charge in [0.15, 0.2) is 0 Å². The van der Waals surface area contributed by atoms with Gasteiger partial charge in [0.1, 0.15) is 11.6 Å². The first-order chi connectivity index (χ1) is 16.4. The van der Waals surface area contributed by atoms with Crippen LogP contribution in [0.25, 0.3) is 0 Å². The van der Waals surface area contributed by atoms with Crippen molar-refractivity contribution in [1.82, 2.24) is 9.80 Å². The topological polar surface area (TPSA) is 96.4 Å². The standard InChI is InChI=1S/C26H42N2O6/c1-5-12-18(4)27(15-6-2)24(31)22-26-14-13-19(34-26)20(25(32)33-7-3)21(26)23(30)28(22)16-10-8-9-11-17-29/h6,18-22,29H,2,5,7-17H2,1,3-4H3/t18?,19-,20+,21+,22-,26+/m1/s1. The van der Waals surface area contributed by atoms with Gasteiger partial charge in [0.25, 0.3) is 0 Å². The molecule has 34 heavy (non-hydrogen) atoms. The van der Waals surface area contributed by atoms with Crippen molar-refractivity contribution in [2.75, 3.05) is 26.3 Å². The van der Waals surface area contributed by atoms with Gasteiger partial charge < -0.3 is 24.4 Å². The van der Waals surface area contributed by atoms with Gasteiger partial charge in [-0.2, -0.15) is 0 Å². The average Bonchev–Trinajstić information content (AvgIpc) is 3.45. The number of unbranched alkanes of at least 4 members (excludes halogenated alkanes) is 3. The maximum absolute atomic E-state index is 14.1. The van der Waals surface area contributed by atoms with E-state index >= 15 is 0 Å². The Balaban J connectivity index is 1.94. The SMILES string of the molecule is C=CCN(C(=O)[C@H]1N(CCCCCCO)C(=O)[C@@H]2[C@@H](C(=O)OCC)[C@H]3CC[C@]21O3)C(C)CCC. The minimum atomic E-state index is -0.979. The first kappa shape index (κ1) is 26.7. The summed E-state index contributed by atoms with van der Waals surface area (Å²) in [6, 6.07) is -0.738. The normalized spacial score (nSPS) is 30.4. The van der Waals surface area contributed by atoms with E-state index in [1.165, 1.54) is 0 Å². The van der Waals surface area contributed by atoms with Crippen molar-refractivity contribution in [2.45, 2.75) is 95.9 Å². The van der Waals surface area contributed by atoms with Crippen LogP contribution in [0.5, 0.6) is 0 Å². The second kappa shape index (κ2) is 11.7. The van der Waals surface area contributed by atoms with Crippen LogP contribution in [0.2, 0.25) is 0 Å². The predicted octanol–water partition coefficient (Wildman–Crippen LogP) is 2.68. The van der Waals surface area contributed by atoms with Gasteiger partial charge in [-0.15, -0.1) is 6.58 Å². The third-order valence-corrected chi connectivity index (χ3v) is 7.75. The number of esters is 1. The number of amides is 2. The molecular weight excluding hydrogens is 436 g/mol. The Kier molecular flexibility index (Phi) is 9.15. The van der Waals surface area contributed by atoms with Gasteiger partial charge in [0, 0.05) is 25.7 Å². The monoisotopic (exact) mass is 478 g/mol. The van der Waals surface area contributed by atoms with Gasteiger partial charge in [-0.3, -0.25) is 14.4 Å². The van der Waals surface area contributed by atoms with Gasteiger partial charge in [-0.25, -0.2) is 0 Å². The smallest absolute Gasteiger partial charge is 0.312 e. The fraction of sp³-hybridized carbons (Fsp3) is 0.808. The zero-order valence-electron chi connectivity index (χ0n) is 21.0. The Morgan fingerprint density at radius 3 is 2.71 bits per heavy atom. The van der Waals surface area contributed by atoms with Crippen LogP contribution in [-0.4, -0.2) is 82.8 Å². The van der Waals surface area contributed by atoms with Crippen molar-refractivity contribution < 1.29 is 29.0 Å². The van der Waals surface area contributed by atoms with Crippen molar-refractivity contribution in [2.24, 2.45) is 11.8 Å². The highest BCUT2D eigenvalue weighted by molar-refractivity contribution is 5.98. The van der Waals surface area contributed by atoms with Crippen LogP contribution in [0, 0.1) is 11.8 Å².